The third-order valence-corrected chi connectivity index (χ3v) is 8.91. The first-order valence-corrected chi connectivity index (χ1v) is 20.0. The number of aldehydes is 1. The van der Waals surface area contributed by atoms with Crippen molar-refractivity contribution in [2.75, 3.05) is 6.61 Å². The van der Waals surface area contributed by atoms with Crippen molar-refractivity contribution >= 4 is 24.2 Å². The van der Waals surface area contributed by atoms with Crippen LogP contribution in [0.4, 0.5) is 0 Å². The van der Waals surface area contributed by atoms with E-state index in [1.807, 2.05) is 0 Å². The second-order valence-electron chi connectivity index (χ2n) is 13.5. The van der Waals surface area contributed by atoms with Crippen molar-refractivity contribution in [3.63, 3.8) is 0 Å². The largest absolute Gasteiger partial charge is 0.462 e. The maximum absolute atomic E-state index is 12.7. The standard InChI is InChI=1S/C40H74O7/c1-4-7-10-13-16-19-22-25-28-31-38(42)45-35-37(47-40(44)33-30-27-24-21-18-15-12-9-6-3)36(34-41)46-39(43)32-29-26-23-20-17-14-11-8-5-2/h34,36-37H,4-33,35H2,1-3H3. The third-order valence-electron chi connectivity index (χ3n) is 8.91. The Morgan fingerprint density at radius 3 is 1.06 bits per heavy atom. The molecule has 0 heterocycles. The number of rotatable bonds is 36. The molecule has 0 amide bonds. The van der Waals surface area contributed by atoms with Gasteiger partial charge in [0, 0.05) is 19.3 Å². The van der Waals surface area contributed by atoms with Crippen LogP contribution in [0.5, 0.6) is 0 Å². The van der Waals surface area contributed by atoms with Crippen LogP contribution in [-0.2, 0) is 33.4 Å². The third kappa shape index (κ3) is 31.1. The van der Waals surface area contributed by atoms with E-state index in [0.717, 1.165) is 51.4 Å². The van der Waals surface area contributed by atoms with Crippen LogP contribution in [0.25, 0.3) is 0 Å². The average Bonchev–Trinajstić information content (AvgIpc) is 3.06. The van der Waals surface area contributed by atoms with Crippen LogP contribution in [-0.4, -0.2) is 43.0 Å². The SMILES string of the molecule is CCCCCCCCCCCC(=O)OCC(OC(=O)CCCCCCCCCCC)C(C=O)OC(=O)CCCCCCCCCCC. The zero-order valence-electron chi connectivity index (χ0n) is 31.0. The number of hydrogen-bond acceptors (Lipinski definition) is 7. The molecule has 0 aliphatic heterocycles. The maximum Gasteiger partial charge on any atom is 0.306 e. The van der Waals surface area contributed by atoms with Gasteiger partial charge in [0.15, 0.2) is 18.5 Å². The fourth-order valence-corrected chi connectivity index (χ4v) is 5.81. The predicted molar refractivity (Wildman–Crippen MR) is 192 cm³/mol. The molecule has 0 N–H and O–H groups in total. The molecule has 0 rings (SSSR count). The molecule has 2 atom stereocenters. The van der Waals surface area contributed by atoms with E-state index in [4.69, 9.17) is 14.2 Å². The molecule has 0 bridgehead atoms. The molecule has 7 nitrogen and oxygen atoms in total. The van der Waals surface area contributed by atoms with Crippen LogP contribution < -0.4 is 0 Å². The van der Waals surface area contributed by atoms with E-state index in [2.05, 4.69) is 20.8 Å². The number of unbranched alkanes of at least 4 members (excludes halogenated alkanes) is 24. The minimum atomic E-state index is -1.30. The molecule has 7 heteroatoms. The zero-order valence-corrected chi connectivity index (χ0v) is 31.0. The highest BCUT2D eigenvalue weighted by Crippen LogP contribution is 2.16. The van der Waals surface area contributed by atoms with Crippen LogP contribution in [0.15, 0.2) is 0 Å². The summed E-state index contributed by atoms with van der Waals surface area (Å²) in [6.07, 6.45) is 29.4. The molecule has 0 aromatic rings. The molecule has 2 unspecified atom stereocenters. The van der Waals surface area contributed by atoms with Gasteiger partial charge >= 0.3 is 17.9 Å². The van der Waals surface area contributed by atoms with Gasteiger partial charge < -0.3 is 14.2 Å². The molecular formula is C40H74O7. The Labute approximate surface area is 289 Å². The minimum absolute atomic E-state index is 0.206. The van der Waals surface area contributed by atoms with E-state index in [1.54, 1.807) is 0 Å². The Balaban J connectivity index is 4.66. The van der Waals surface area contributed by atoms with Crippen LogP contribution in [0, 0.1) is 0 Å². The lowest BCUT2D eigenvalue weighted by molar-refractivity contribution is -0.176. The van der Waals surface area contributed by atoms with Gasteiger partial charge in [-0.05, 0) is 19.3 Å². The Bertz CT molecular complexity index is 738. The van der Waals surface area contributed by atoms with E-state index in [-0.39, 0.29) is 25.9 Å². The Kier molecular flexibility index (Phi) is 33.9. The smallest absolute Gasteiger partial charge is 0.306 e. The molecule has 0 radical (unpaired) electrons. The second kappa shape index (κ2) is 35.4. The van der Waals surface area contributed by atoms with Gasteiger partial charge in [-0.3, -0.25) is 19.2 Å². The van der Waals surface area contributed by atoms with Crippen LogP contribution in [0.3, 0.4) is 0 Å². The molecule has 0 aromatic carbocycles. The van der Waals surface area contributed by atoms with E-state index < -0.39 is 30.1 Å². The first-order valence-electron chi connectivity index (χ1n) is 20.0. The minimum Gasteiger partial charge on any atom is -0.462 e. The van der Waals surface area contributed by atoms with Crippen molar-refractivity contribution in [2.24, 2.45) is 0 Å². The molecule has 0 aliphatic rings. The number of carbonyl (C=O) groups is 4. The van der Waals surface area contributed by atoms with Gasteiger partial charge in [-0.1, -0.05) is 175 Å². The number of carbonyl (C=O) groups excluding carboxylic acids is 4. The van der Waals surface area contributed by atoms with Gasteiger partial charge in [-0.2, -0.15) is 0 Å². The number of ether oxygens (including phenoxy) is 3. The van der Waals surface area contributed by atoms with Crippen LogP contribution in [0.2, 0.25) is 0 Å². The van der Waals surface area contributed by atoms with E-state index in [0.29, 0.717) is 19.1 Å². The fraction of sp³-hybridized carbons (Fsp3) is 0.900. The van der Waals surface area contributed by atoms with Crippen molar-refractivity contribution < 1.29 is 33.4 Å². The first-order chi connectivity index (χ1) is 23.0. The normalized spacial score (nSPS) is 12.4. The lowest BCUT2D eigenvalue weighted by atomic mass is 10.1. The van der Waals surface area contributed by atoms with Gasteiger partial charge in [0.2, 0.25) is 0 Å². The quantitative estimate of drug-likeness (QED) is 0.0284. The van der Waals surface area contributed by atoms with Crippen molar-refractivity contribution in [1.82, 2.24) is 0 Å². The summed E-state index contributed by atoms with van der Waals surface area (Å²) in [6, 6.07) is 0. The summed E-state index contributed by atoms with van der Waals surface area (Å²) >= 11 is 0. The topological polar surface area (TPSA) is 96.0 Å². The molecule has 0 saturated heterocycles. The lowest BCUT2D eigenvalue weighted by Crippen LogP contribution is -2.40. The molecule has 47 heavy (non-hydrogen) atoms. The summed E-state index contributed by atoms with van der Waals surface area (Å²) in [5.74, 6) is -1.35. The van der Waals surface area contributed by atoms with Gasteiger partial charge in [-0.15, -0.1) is 0 Å². The summed E-state index contributed by atoms with van der Waals surface area (Å²) in [5.41, 5.74) is 0. The second-order valence-corrected chi connectivity index (χ2v) is 13.5. The van der Waals surface area contributed by atoms with E-state index in [9.17, 15) is 19.2 Å². The summed E-state index contributed by atoms with van der Waals surface area (Å²) in [7, 11) is 0. The van der Waals surface area contributed by atoms with Crippen molar-refractivity contribution in [2.45, 2.75) is 226 Å². The summed E-state index contributed by atoms with van der Waals surface area (Å²) < 4.78 is 16.5. The average molecular weight is 667 g/mol. The number of esters is 3. The molecule has 0 spiro atoms. The summed E-state index contributed by atoms with van der Waals surface area (Å²) in [5, 5.41) is 0. The van der Waals surface area contributed by atoms with E-state index >= 15 is 0 Å². The Morgan fingerprint density at radius 2 is 0.723 bits per heavy atom. The highest BCUT2D eigenvalue weighted by Gasteiger charge is 2.30. The monoisotopic (exact) mass is 667 g/mol. The number of hydrogen-bond donors (Lipinski definition) is 0. The molecule has 276 valence electrons. The summed E-state index contributed by atoms with van der Waals surface area (Å²) in [4.78, 5) is 49.8. The Hall–Kier alpha value is -1.92. The molecular weight excluding hydrogens is 592 g/mol. The highest BCUT2D eigenvalue weighted by atomic mass is 16.6. The zero-order chi connectivity index (χ0) is 34.6. The first kappa shape index (κ1) is 45.1. The van der Waals surface area contributed by atoms with Crippen molar-refractivity contribution in [3.8, 4) is 0 Å². The van der Waals surface area contributed by atoms with Gasteiger partial charge in [-0.25, -0.2) is 0 Å². The molecule has 0 fully saturated rings. The van der Waals surface area contributed by atoms with Crippen LogP contribution in [0.1, 0.15) is 213 Å². The Morgan fingerprint density at radius 1 is 0.426 bits per heavy atom. The molecule has 0 aromatic heterocycles. The summed E-state index contributed by atoms with van der Waals surface area (Å²) in [6.45, 7) is 6.35. The van der Waals surface area contributed by atoms with Crippen LogP contribution >= 0.6 is 0 Å². The maximum atomic E-state index is 12.7. The van der Waals surface area contributed by atoms with Crippen molar-refractivity contribution in [3.05, 3.63) is 0 Å². The lowest BCUT2D eigenvalue weighted by Gasteiger charge is -2.23. The molecule has 0 saturated carbocycles. The predicted octanol–water partition coefficient (Wildman–Crippen LogP) is 11.3. The van der Waals surface area contributed by atoms with Gasteiger partial charge in [0.25, 0.3) is 0 Å². The molecule has 0 aliphatic carbocycles. The fourth-order valence-electron chi connectivity index (χ4n) is 5.81. The van der Waals surface area contributed by atoms with E-state index in [1.165, 1.54) is 109 Å². The van der Waals surface area contributed by atoms with Gasteiger partial charge in [0.05, 0.1) is 0 Å². The van der Waals surface area contributed by atoms with Crippen molar-refractivity contribution in [1.29, 1.82) is 0 Å². The van der Waals surface area contributed by atoms with Gasteiger partial charge in [0.1, 0.15) is 6.61 Å². The highest BCUT2D eigenvalue weighted by molar-refractivity contribution is 5.74.